The number of hydrogen-bond donors (Lipinski definition) is 6. The molecule has 52 heavy (non-hydrogen) atoms. The molecule has 3 amide bonds. The molecule has 9 N–H and O–H groups in total. The van der Waals surface area contributed by atoms with Crippen molar-refractivity contribution in [2.24, 2.45) is 29.0 Å². The lowest BCUT2D eigenvalue weighted by Gasteiger charge is -2.26. The molecule has 1 aromatic heterocycles. The van der Waals surface area contributed by atoms with E-state index in [1.807, 2.05) is 72.8 Å². The molecule has 0 aliphatic heterocycles. The number of aromatic amines is 1. The average Bonchev–Trinajstić information content (AvgIpc) is 3.63. The number of hydrogen-bond acceptors (Lipinski definition) is 8. The van der Waals surface area contributed by atoms with Crippen molar-refractivity contribution in [3.8, 4) is 0 Å². The zero-order valence-electron chi connectivity index (χ0n) is 30.0. The lowest BCUT2D eigenvalue weighted by molar-refractivity contribution is -0.134. The summed E-state index contributed by atoms with van der Waals surface area (Å²) in [6.45, 7) is 3.54. The smallest absolute Gasteiger partial charge is 0.240 e. The van der Waals surface area contributed by atoms with Gasteiger partial charge in [-0.1, -0.05) is 79.2 Å². The predicted molar refractivity (Wildman–Crippen MR) is 201 cm³/mol. The summed E-state index contributed by atoms with van der Waals surface area (Å²) < 4.78 is 0. The molecule has 0 saturated heterocycles. The molecule has 0 unspecified atom stereocenters. The summed E-state index contributed by atoms with van der Waals surface area (Å²) in [6, 6.07) is 21.0. The van der Waals surface area contributed by atoms with Gasteiger partial charge in [0.2, 0.25) is 17.7 Å². The van der Waals surface area contributed by atoms with E-state index in [1.54, 1.807) is 20.0 Å². The summed E-state index contributed by atoms with van der Waals surface area (Å²) in [6.07, 6.45) is 4.88. The van der Waals surface area contributed by atoms with Crippen molar-refractivity contribution in [3.63, 3.8) is 0 Å². The number of imidazole rings is 1. The van der Waals surface area contributed by atoms with Crippen molar-refractivity contribution < 1.29 is 24.0 Å². The molecule has 1 heterocycles. The summed E-state index contributed by atoms with van der Waals surface area (Å²) in [5.74, 6) is -3.94. The molecular weight excluding hydrogens is 658 g/mol. The third-order valence-electron chi connectivity index (χ3n) is 9.22. The number of ketones is 2. The van der Waals surface area contributed by atoms with Gasteiger partial charge in [0.05, 0.1) is 23.9 Å². The summed E-state index contributed by atoms with van der Waals surface area (Å²) >= 11 is 0. The second-order valence-electron chi connectivity index (χ2n) is 14.1. The van der Waals surface area contributed by atoms with Crippen LogP contribution in [0.5, 0.6) is 0 Å². The highest BCUT2D eigenvalue weighted by molar-refractivity contribution is 5.96. The number of amides is 3. The molecule has 0 aliphatic carbocycles. The van der Waals surface area contributed by atoms with Gasteiger partial charge in [-0.3, -0.25) is 24.0 Å². The van der Waals surface area contributed by atoms with Crippen LogP contribution in [0.25, 0.3) is 10.8 Å². The van der Waals surface area contributed by atoms with Gasteiger partial charge in [0.25, 0.3) is 0 Å². The minimum Gasteiger partial charge on any atom is -0.369 e. The summed E-state index contributed by atoms with van der Waals surface area (Å²) in [4.78, 5) is 74.7. The summed E-state index contributed by atoms with van der Waals surface area (Å²) in [7, 11) is 0. The average molecular weight is 710 g/mol. The molecule has 0 spiro atoms. The van der Waals surface area contributed by atoms with Crippen LogP contribution in [0, 0.1) is 11.8 Å². The Morgan fingerprint density at radius 3 is 2.06 bits per heavy atom. The number of Topliss-reactive ketones (excluding diaryl/α,β-unsaturated/α-hetero) is 2. The number of aromatic nitrogens is 2. The zero-order chi connectivity index (χ0) is 37.7. The van der Waals surface area contributed by atoms with E-state index in [4.69, 9.17) is 17.2 Å². The first kappa shape index (κ1) is 39.6. The van der Waals surface area contributed by atoms with Crippen LogP contribution >= 0.6 is 0 Å². The fourth-order valence-electron chi connectivity index (χ4n) is 6.15. The van der Waals surface area contributed by atoms with Crippen LogP contribution in [0.4, 0.5) is 0 Å². The summed E-state index contributed by atoms with van der Waals surface area (Å²) in [5, 5.41) is 7.73. The van der Waals surface area contributed by atoms with Crippen molar-refractivity contribution in [1.82, 2.24) is 20.6 Å². The Bertz CT molecular complexity index is 1800. The summed E-state index contributed by atoms with van der Waals surface area (Å²) in [5.41, 5.74) is 18.4. The Morgan fingerprint density at radius 1 is 0.769 bits per heavy atom. The Morgan fingerprint density at radius 2 is 1.42 bits per heavy atom. The van der Waals surface area contributed by atoms with Crippen LogP contribution in [-0.2, 0) is 43.2 Å². The van der Waals surface area contributed by atoms with Gasteiger partial charge in [-0.25, -0.2) is 4.98 Å². The van der Waals surface area contributed by atoms with Crippen LogP contribution in [0.15, 0.2) is 85.3 Å². The number of nitrogens with zero attached hydrogens (tertiary/aromatic N) is 1. The fourth-order valence-corrected chi connectivity index (χ4v) is 6.15. The first-order valence-electron chi connectivity index (χ1n) is 17.8. The maximum absolute atomic E-state index is 14.4. The van der Waals surface area contributed by atoms with Crippen LogP contribution < -0.4 is 27.8 Å². The molecule has 0 saturated carbocycles. The molecule has 0 aliphatic rings. The normalized spacial score (nSPS) is 13.8. The number of primary amides is 1. The predicted octanol–water partition coefficient (Wildman–Crippen LogP) is 3.06. The van der Waals surface area contributed by atoms with E-state index in [0.29, 0.717) is 31.5 Å². The van der Waals surface area contributed by atoms with Crippen LogP contribution in [-0.4, -0.2) is 63.4 Å². The number of unbranched alkanes of at least 4 members (excludes halogenated alkanes) is 1. The Kier molecular flexibility index (Phi) is 14.4. The van der Waals surface area contributed by atoms with E-state index < -0.39 is 47.2 Å². The minimum atomic E-state index is -1.26. The van der Waals surface area contributed by atoms with Gasteiger partial charge >= 0.3 is 0 Å². The maximum Gasteiger partial charge on any atom is 0.240 e. The van der Waals surface area contributed by atoms with Crippen LogP contribution in [0.1, 0.15) is 62.8 Å². The highest BCUT2D eigenvalue weighted by Crippen LogP contribution is 2.22. The molecule has 3 aromatic carbocycles. The minimum absolute atomic E-state index is 0.110. The molecule has 12 heteroatoms. The third kappa shape index (κ3) is 12.0. The van der Waals surface area contributed by atoms with E-state index in [0.717, 1.165) is 21.9 Å². The molecule has 0 radical (unpaired) electrons. The molecular formula is C40H51N7O5. The molecule has 4 atom stereocenters. The van der Waals surface area contributed by atoms with Gasteiger partial charge < -0.3 is 32.8 Å². The van der Waals surface area contributed by atoms with Crippen molar-refractivity contribution in [2.75, 3.05) is 6.54 Å². The number of nitrogens with two attached hydrogens (primary N) is 3. The van der Waals surface area contributed by atoms with E-state index in [2.05, 4.69) is 20.6 Å². The molecule has 4 aromatic rings. The largest absolute Gasteiger partial charge is 0.369 e. The van der Waals surface area contributed by atoms with Crippen molar-refractivity contribution in [3.05, 3.63) is 102 Å². The molecule has 0 fully saturated rings. The highest BCUT2D eigenvalue weighted by atomic mass is 16.2. The molecule has 4 rings (SSSR count). The highest BCUT2D eigenvalue weighted by Gasteiger charge is 2.34. The standard InChI is InChI=1S/C40H51N7O5/c1-40(2,43)39(52)47-34(23-32-24-44-25-45-32)36(49)22-31(19-27-15-16-28-12-6-7-13-29(28)18-27)38(51)46-33(20-26-10-4-3-5-11-26)35(48)21-30(37(42)50)14-8-9-17-41/h3-7,10-13,15-16,18,24-25,30-31,33-34H,8-9,14,17,19-23,41,43H2,1-2H3,(H2,42,50)(H,44,45)(H,46,51)(H,47,52)/t30-,31+,33-,34+/m1/s1. The second kappa shape index (κ2) is 18.9. The third-order valence-corrected chi connectivity index (χ3v) is 9.22. The van der Waals surface area contributed by atoms with Gasteiger partial charge in [0.15, 0.2) is 11.6 Å². The van der Waals surface area contributed by atoms with Gasteiger partial charge in [-0.15, -0.1) is 0 Å². The Labute approximate surface area is 304 Å². The quantitative estimate of drug-likeness (QED) is 0.0705. The van der Waals surface area contributed by atoms with Crippen molar-refractivity contribution in [1.29, 1.82) is 0 Å². The second-order valence-corrected chi connectivity index (χ2v) is 14.1. The number of benzene rings is 3. The molecule has 276 valence electrons. The van der Waals surface area contributed by atoms with E-state index >= 15 is 0 Å². The van der Waals surface area contributed by atoms with Crippen molar-refractivity contribution >= 4 is 40.1 Å². The maximum atomic E-state index is 14.4. The number of rotatable bonds is 21. The Hall–Kier alpha value is -5.20. The first-order valence-corrected chi connectivity index (χ1v) is 17.8. The van der Waals surface area contributed by atoms with Crippen LogP contribution in [0.3, 0.4) is 0 Å². The van der Waals surface area contributed by atoms with E-state index in [-0.39, 0.29) is 43.7 Å². The molecule has 0 bridgehead atoms. The van der Waals surface area contributed by atoms with E-state index in [9.17, 15) is 24.0 Å². The lowest BCUT2D eigenvalue weighted by atomic mass is 9.88. The Balaban J connectivity index is 1.65. The van der Waals surface area contributed by atoms with Gasteiger partial charge in [0, 0.05) is 43.0 Å². The number of fused-ring (bicyclic) bond motifs is 1. The SMILES string of the molecule is CC(C)(N)C(=O)N[C@@H](Cc1cnc[nH]1)C(=O)C[C@H](Cc1ccc2ccccc2c1)C(=O)N[C@H](Cc1ccccc1)C(=O)C[C@@H](CCCCN)C(N)=O. The van der Waals surface area contributed by atoms with Gasteiger partial charge in [-0.2, -0.15) is 0 Å². The first-order chi connectivity index (χ1) is 24.8. The lowest BCUT2D eigenvalue weighted by Crippen LogP contribution is -2.55. The van der Waals surface area contributed by atoms with Gasteiger partial charge in [-0.05, 0) is 68.0 Å². The number of H-pyrrole nitrogens is 1. The number of carbonyl (C=O) groups is 5. The number of nitrogens with one attached hydrogen (secondary N) is 3. The van der Waals surface area contributed by atoms with Crippen molar-refractivity contribution in [2.45, 2.75) is 82.8 Å². The zero-order valence-corrected chi connectivity index (χ0v) is 30.0. The number of carbonyl (C=O) groups excluding carboxylic acids is 5. The van der Waals surface area contributed by atoms with Gasteiger partial charge in [0.1, 0.15) is 0 Å². The topological polar surface area (TPSA) is 216 Å². The van der Waals surface area contributed by atoms with Crippen LogP contribution in [0.2, 0.25) is 0 Å². The fraction of sp³-hybridized carbons (Fsp3) is 0.400. The monoisotopic (exact) mass is 709 g/mol. The van der Waals surface area contributed by atoms with E-state index in [1.165, 1.54) is 6.33 Å². The molecule has 12 nitrogen and oxygen atoms in total.